The Kier molecular flexibility index (Phi) is 8.11. The Labute approximate surface area is 224 Å². The van der Waals surface area contributed by atoms with Crippen LogP contribution in [0.2, 0.25) is 0 Å². The van der Waals surface area contributed by atoms with Crippen molar-refractivity contribution in [2.24, 2.45) is 16.9 Å². The molecule has 7 nitrogen and oxygen atoms in total. The number of benzene rings is 2. The number of carbonyl (C=O) groups excluding carboxylic acids is 2. The summed E-state index contributed by atoms with van der Waals surface area (Å²) < 4.78 is 16.1. The molecule has 2 aromatic carbocycles. The molecule has 2 unspecified atom stereocenters. The lowest BCUT2D eigenvalue weighted by molar-refractivity contribution is -0.153. The molecule has 2 fully saturated rings. The van der Waals surface area contributed by atoms with Crippen LogP contribution in [-0.4, -0.2) is 43.4 Å². The van der Waals surface area contributed by atoms with Crippen LogP contribution in [0.25, 0.3) is 6.08 Å². The molecule has 3 aliphatic rings. The molecule has 7 heteroatoms. The minimum absolute atomic E-state index is 0.0692. The highest BCUT2D eigenvalue weighted by Gasteiger charge is 2.44. The molecule has 1 aliphatic heterocycles. The van der Waals surface area contributed by atoms with Crippen molar-refractivity contribution in [2.45, 2.75) is 57.4 Å². The van der Waals surface area contributed by atoms with E-state index in [1.165, 1.54) is 12.8 Å². The topological polar surface area (TPSA) is 77.4 Å². The van der Waals surface area contributed by atoms with Gasteiger partial charge in [0, 0.05) is 12.3 Å². The fraction of sp³-hybridized carbons (Fsp3) is 0.452. The molecular weight excluding hydrogens is 480 g/mol. The van der Waals surface area contributed by atoms with Crippen LogP contribution < -0.4 is 9.47 Å². The normalized spacial score (nSPS) is 22.2. The molecule has 2 aromatic rings. The van der Waals surface area contributed by atoms with Crippen LogP contribution >= 0.6 is 0 Å². The summed E-state index contributed by atoms with van der Waals surface area (Å²) in [6, 6.07) is 15.5. The first-order valence-electron chi connectivity index (χ1n) is 13.6. The summed E-state index contributed by atoms with van der Waals surface area (Å²) in [5.74, 6) is 1.43. The maximum Gasteiger partial charge on any atom is 0.306 e. The Morgan fingerprint density at radius 1 is 0.921 bits per heavy atom. The van der Waals surface area contributed by atoms with Gasteiger partial charge in [-0.25, -0.2) is 5.01 Å². The zero-order valence-electron chi connectivity index (χ0n) is 22.2. The lowest BCUT2D eigenvalue weighted by Crippen LogP contribution is -2.34. The molecule has 5 rings (SSSR count). The summed E-state index contributed by atoms with van der Waals surface area (Å²) in [7, 11) is 3.29. The second-order valence-corrected chi connectivity index (χ2v) is 10.4. The fourth-order valence-corrected chi connectivity index (χ4v) is 5.96. The van der Waals surface area contributed by atoms with E-state index in [2.05, 4.69) is 6.08 Å². The summed E-state index contributed by atoms with van der Waals surface area (Å²) in [5.41, 5.74) is 4.14. The number of fused-ring (bicyclic) bond motifs is 1. The molecule has 1 heterocycles. The standard InChI is InChI=1S/C31H36N2O5/c1-36-25-14-10-22(11-15-25)18-24-8-5-9-27-30(24)32-33(31(27)23-12-16-26(37-2)17-13-23)28(34)20-38-29(35)19-21-6-3-4-7-21/h10-18,21,27,31H,3-9,19-20H2,1-2H3. The van der Waals surface area contributed by atoms with Gasteiger partial charge in [-0.1, -0.05) is 37.1 Å². The predicted molar refractivity (Wildman–Crippen MR) is 146 cm³/mol. The number of amides is 1. The number of rotatable bonds is 8. The molecule has 0 aromatic heterocycles. The minimum atomic E-state index is -0.296. The Morgan fingerprint density at radius 3 is 2.24 bits per heavy atom. The highest BCUT2D eigenvalue weighted by molar-refractivity contribution is 6.08. The van der Waals surface area contributed by atoms with Gasteiger partial charge in [0.15, 0.2) is 6.61 Å². The zero-order chi connectivity index (χ0) is 26.5. The highest BCUT2D eigenvalue weighted by Crippen LogP contribution is 2.44. The average Bonchev–Trinajstić information content (AvgIpc) is 3.61. The van der Waals surface area contributed by atoms with Gasteiger partial charge in [-0.05, 0) is 85.1 Å². The van der Waals surface area contributed by atoms with E-state index in [-0.39, 0.29) is 30.4 Å². The smallest absolute Gasteiger partial charge is 0.306 e. The predicted octanol–water partition coefficient (Wildman–Crippen LogP) is 5.95. The number of methoxy groups -OCH3 is 2. The molecule has 0 bridgehead atoms. The minimum Gasteiger partial charge on any atom is -0.497 e. The summed E-state index contributed by atoms with van der Waals surface area (Å²) in [5, 5.41) is 6.44. The van der Waals surface area contributed by atoms with Crippen molar-refractivity contribution in [1.29, 1.82) is 0 Å². The van der Waals surface area contributed by atoms with Gasteiger partial charge in [0.05, 0.1) is 26.0 Å². The second-order valence-electron chi connectivity index (χ2n) is 10.4. The molecule has 0 spiro atoms. The molecule has 2 atom stereocenters. The van der Waals surface area contributed by atoms with E-state index in [9.17, 15) is 9.59 Å². The van der Waals surface area contributed by atoms with Gasteiger partial charge in [-0.2, -0.15) is 5.10 Å². The molecule has 2 saturated carbocycles. The molecular formula is C31H36N2O5. The summed E-state index contributed by atoms with van der Waals surface area (Å²) in [4.78, 5) is 25.9. The third-order valence-electron chi connectivity index (χ3n) is 7.96. The van der Waals surface area contributed by atoms with Crippen molar-refractivity contribution in [3.05, 3.63) is 65.2 Å². The second kappa shape index (κ2) is 11.8. The molecule has 0 radical (unpaired) electrons. The van der Waals surface area contributed by atoms with Crippen LogP contribution in [0.1, 0.15) is 68.5 Å². The van der Waals surface area contributed by atoms with Crippen molar-refractivity contribution in [3.63, 3.8) is 0 Å². The summed E-state index contributed by atoms with van der Waals surface area (Å²) in [6.45, 7) is -0.292. The first kappa shape index (κ1) is 26.0. The van der Waals surface area contributed by atoms with Crippen LogP contribution in [0, 0.1) is 11.8 Å². The van der Waals surface area contributed by atoms with Crippen molar-refractivity contribution in [1.82, 2.24) is 5.01 Å². The average molecular weight is 517 g/mol. The Bertz CT molecular complexity index is 1200. The molecule has 38 heavy (non-hydrogen) atoms. The van der Waals surface area contributed by atoms with E-state index in [0.29, 0.717) is 12.3 Å². The lowest BCUT2D eigenvalue weighted by atomic mass is 9.77. The first-order chi connectivity index (χ1) is 18.6. The summed E-state index contributed by atoms with van der Waals surface area (Å²) in [6.07, 6.45) is 9.85. The number of hydrogen-bond donors (Lipinski definition) is 0. The largest absolute Gasteiger partial charge is 0.497 e. The van der Waals surface area contributed by atoms with E-state index >= 15 is 0 Å². The van der Waals surface area contributed by atoms with Crippen LogP contribution in [0.3, 0.4) is 0 Å². The quantitative estimate of drug-likeness (QED) is 0.405. The number of allylic oxidation sites excluding steroid dienone is 1. The number of carbonyl (C=O) groups is 2. The maximum absolute atomic E-state index is 13.5. The van der Waals surface area contributed by atoms with Gasteiger partial charge >= 0.3 is 5.97 Å². The monoisotopic (exact) mass is 516 g/mol. The Hall–Kier alpha value is -3.61. The van der Waals surface area contributed by atoms with Gasteiger partial charge < -0.3 is 14.2 Å². The van der Waals surface area contributed by atoms with E-state index < -0.39 is 0 Å². The van der Waals surface area contributed by atoms with E-state index in [4.69, 9.17) is 19.3 Å². The molecule has 0 N–H and O–H groups in total. The van der Waals surface area contributed by atoms with Crippen molar-refractivity contribution in [2.75, 3.05) is 20.8 Å². The van der Waals surface area contributed by atoms with Crippen molar-refractivity contribution in [3.8, 4) is 11.5 Å². The summed E-state index contributed by atoms with van der Waals surface area (Å²) >= 11 is 0. The third-order valence-corrected chi connectivity index (χ3v) is 7.96. The Morgan fingerprint density at radius 2 is 1.58 bits per heavy atom. The van der Waals surface area contributed by atoms with E-state index in [1.807, 2.05) is 48.5 Å². The maximum atomic E-state index is 13.5. The van der Waals surface area contributed by atoms with Crippen molar-refractivity contribution < 1.29 is 23.8 Å². The van der Waals surface area contributed by atoms with Gasteiger partial charge in [-0.15, -0.1) is 0 Å². The Balaban J connectivity index is 1.39. The SMILES string of the molecule is COc1ccc(C=C2CCCC3C2=NN(C(=O)COC(=O)CC2CCCC2)C3c2ccc(OC)cc2)cc1. The van der Waals surface area contributed by atoms with Gasteiger partial charge in [0.1, 0.15) is 11.5 Å². The molecule has 1 amide bonds. The number of hydrazone groups is 1. The van der Waals surface area contributed by atoms with Crippen LogP contribution in [0.5, 0.6) is 11.5 Å². The molecule has 200 valence electrons. The zero-order valence-corrected chi connectivity index (χ0v) is 22.2. The van der Waals surface area contributed by atoms with Gasteiger partial charge in [0.2, 0.25) is 0 Å². The van der Waals surface area contributed by atoms with E-state index in [1.54, 1.807) is 19.2 Å². The van der Waals surface area contributed by atoms with Gasteiger partial charge in [0.25, 0.3) is 5.91 Å². The van der Waals surface area contributed by atoms with Crippen molar-refractivity contribution >= 4 is 23.7 Å². The third kappa shape index (κ3) is 5.77. The molecule has 2 aliphatic carbocycles. The number of esters is 1. The highest BCUT2D eigenvalue weighted by atomic mass is 16.5. The number of ether oxygens (including phenoxy) is 3. The first-order valence-corrected chi connectivity index (χ1v) is 13.6. The lowest BCUT2D eigenvalue weighted by Gasteiger charge is -2.29. The fourth-order valence-electron chi connectivity index (χ4n) is 5.96. The number of nitrogens with zero attached hydrogens (tertiary/aromatic N) is 2. The van der Waals surface area contributed by atoms with Crippen LogP contribution in [-0.2, 0) is 14.3 Å². The van der Waals surface area contributed by atoms with Gasteiger partial charge in [-0.3, -0.25) is 9.59 Å². The van der Waals surface area contributed by atoms with Crippen LogP contribution in [0.4, 0.5) is 0 Å². The van der Waals surface area contributed by atoms with Crippen LogP contribution in [0.15, 0.2) is 59.2 Å². The number of hydrogen-bond acceptors (Lipinski definition) is 6. The van der Waals surface area contributed by atoms with E-state index in [0.717, 1.165) is 66.0 Å². The molecule has 0 saturated heterocycles.